The van der Waals surface area contributed by atoms with Crippen LogP contribution in [0.4, 0.5) is 13.2 Å². The molecule has 2 aromatic rings. The lowest BCUT2D eigenvalue weighted by atomic mass is 10.1. The van der Waals surface area contributed by atoms with Crippen LogP contribution in [0.25, 0.3) is 10.1 Å². The van der Waals surface area contributed by atoms with Gasteiger partial charge < -0.3 is 11.5 Å². The van der Waals surface area contributed by atoms with E-state index in [-0.39, 0.29) is 11.3 Å². The van der Waals surface area contributed by atoms with Crippen LogP contribution in [0.1, 0.15) is 11.1 Å². The fourth-order valence-electron chi connectivity index (χ4n) is 1.51. The van der Waals surface area contributed by atoms with Crippen LogP contribution in [0.3, 0.4) is 0 Å². The molecule has 4 N–H and O–H groups in total. The van der Waals surface area contributed by atoms with Gasteiger partial charge in [-0.25, -0.2) is 0 Å². The van der Waals surface area contributed by atoms with Crippen LogP contribution in [0.5, 0.6) is 0 Å². The zero-order valence-corrected chi connectivity index (χ0v) is 10.3. The molecule has 4 nitrogen and oxygen atoms in total. The Hall–Kier alpha value is -2.09. The van der Waals surface area contributed by atoms with E-state index in [0.29, 0.717) is 10.3 Å². The van der Waals surface area contributed by atoms with Crippen LogP contribution in [0.2, 0.25) is 0 Å². The molecule has 100 valence electrons. The van der Waals surface area contributed by atoms with Crippen LogP contribution in [-0.2, 0) is 6.18 Å². The Balaban J connectivity index is 2.44. The number of guanidine groups is 1. The number of alkyl halides is 3. The Morgan fingerprint density at radius 1 is 1.26 bits per heavy atom. The minimum atomic E-state index is -4.37. The molecule has 0 fully saturated rings. The zero-order chi connectivity index (χ0) is 14.0. The van der Waals surface area contributed by atoms with Gasteiger partial charge in [-0.05, 0) is 17.7 Å². The SMILES string of the molecule is NC(N)=NN=Cc1ccc2scc(C(F)(F)F)c2c1. The molecule has 19 heavy (non-hydrogen) atoms. The number of nitrogens with two attached hydrogens (primary N) is 2. The first-order valence-corrected chi connectivity index (χ1v) is 5.96. The van der Waals surface area contributed by atoms with Crippen molar-refractivity contribution in [1.82, 2.24) is 0 Å². The molecule has 0 bridgehead atoms. The molecule has 0 aliphatic rings. The Morgan fingerprint density at radius 2 is 2.00 bits per heavy atom. The van der Waals surface area contributed by atoms with Crippen molar-refractivity contribution >= 4 is 33.6 Å². The fourth-order valence-corrected chi connectivity index (χ4v) is 2.46. The Bertz CT molecular complexity index is 653. The lowest BCUT2D eigenvalue weighted by Gasteiger charge is -2.04. The normalized spacial score (nSPS) is 12.2. The molecule has 0 aliphatic heterocycles. The standard InChI is InChI=1S/C11H9F3N4S/c12-11(13,14)8-5-19-9-2-1-6(3-7(8)9)4-17-18-10(15)16/h1-5H,(H4,15,16,18). The van der Waals surface area contributed by atoms with E-state index in [9.17, 15) is 13.2 Å². The number of fused-ring (bicyclic) bond motifs is 1. The van der Waals surface area contributed by atoms with E-state index in [0.717, 1.165) is 16.7 Å². The van der Waals surface area contributed by atoms with Crippen molar-refractivity contribution in [2.75, 3.05) is 0 Å². The van der Waals surface area contributed by atoms with Gasteiger partial charge in [-0.3, -0.25) is 0 Å². The molecule has 2 rings (SSSR count). The van der Waals surface area contributed by atoms with Gasteiger partial charge in [0.25, 0.3) is 0 Å². The number of hydrogen-bond acceptors (Lipinski definition) is 3. The van der Waals surface area contributed by atoms with Crippen molar-refractivity contribution in [3.8, 4) is 0 Å². The lowest BCUT2D eigenvalue weighted by Crippen LogP contribution is -2.21. The van der Waals surface area contributed by atoms with E-state index in [1.165, 1.54) is 12.3 Å². The van der Waals surface area contributed by atoms with Crippen molar-refractivity contribution in [2.45, 2.75) is 6.18 Å². The second kappa shape index (κ2) is 4.88. The average Bonchev–Trinajstić information content (AvgIpc) is 2.71. The highest BCUT2D eigenvalue weighted by atomic mass is 32.1. The first-order valence-electron chi connectivity index (χ1n) is 5.08. The number of benzene rings is 1. The number of thiophene rings is 1. The van der Waals surface area contributed by atoms with E-state index < -0.39 is 11.7 Å². The highest BCUT2D eigenvalue weighted by molar-refractivity contribution is 7.17. The van der Waals surface area contributed by atoms with Gasteiger partial charge in [-0.2, -0.15) is 18.3 Å². The average molecular weight is 286 g/mol. The molecule has 1 aromatic carbocycles. The molecule has 0 aliphatic carbocycles. The number of rotatable bonds is 2. The second-order valence-electron chi connectivity index (χ2n) is 3.67. The summed E-state index contributed by atoms with van der Waals surface area (Å²) in [5, 5.41) is 8.18. The smallest absolute Gasteiger partial charge is 0.369 e. The molecular formula is C11H9F3N4S. The summed E-state index contributed by atoms with van der Waals surface area (Å²) < 4.78 is 38.8. The molecular weight excluding hydrogens is 277 g/mol. The van der Waals surface area contributed by atoms with Gasteiger partial charge in [0.05, 0.1) is 11.8 Å². The van der Waals surface area contributed by atoms with Crippen molar-refractivity contribution in [3.05, 3.63) is 34.7 Å². The highest BCUT2D eigenvalue weighted by Gasteiger charge is 2.33. The largest absolute Gasteiger partial charge is 0.417 e. The van der Waals surface area contributed by atoms with E-state index in [1.807, 2.05) is 0 Å². The minimum absolute atomic E-state index is 0.145. The summed E-state index contributed by atoms with van der Waals surface area (Å²) in [7, 11) is 0. The van der Waals surface area contributed by atoms with E-state index >= 15 is 0 Å². The van der Waals surface area contributed by atoms with Gasteiger partial charge in [0.2, 0.25) is 5.96 Å². The number of nitrogens with zero attached hydrogens (tertiary/aromatic N) is 2. The molecule has 0 saturated carbocycles. The summed E-state index contributed by atoms with van der Waals surface area (Å²) >= 11 is 1.05. The van der Waals surface area contributed by atoms with Gasteiger partial charge in [-0.1, -0.05) is 6.07 Å². The molecule has 0 spiro atoms. The first kappa shape index (κ1) is 13.3. The summed E-state index contributed by atoms with van der Waals surface area (Å²) in [6, 6.07) is 4.65. The maximum Gasteiger partial charge on any atom is 0.417 e. The summed E-state index contributed by atoms with van der Waals surface area (Å²) in [5.41, 5.74) is 10.00. The van der Waals surface area contributed by atoms with Gasteiger partial charge in [0.1, 0.15) is 0 Å². The summed E-state index contributed by atoms with van der Waals surface area (Å²) in [6.07, 6.45) is -3.08. The van der Waals surface area contributed by atoms with Crippen LogP contribution >= 0.6 is 11.3 Å². The van der Waals surface area contributed by atoms with Gasteiger partial charge in [0.15, 0.2) is 0 Å². The molecule has 0 amide bonds. The Morgan fingerprint density at radius 3 is 2.63 bits per heavy atom. The molecule has 8 heteroatoms. The van der Waals surface area contributed by atoms with Crippen molar-refractivity contribution in [2.24, 2.45) is 21.7 Å². The predicted octanol–water partition coefficient (Wildman–Crippen LogP) is 2.53. The maximum absolute atomic E-state index is 12.8. The third kappa shape index (κ3) is 3.02. The molecule has 0 radical (unpaired) electrons. The topological polar surface area (TPSA) is 76.8 Å². The van der Waals surface area contributed by atoms with Gasteiger partial charge >= 0.3 is 6.18 Å². The molecule has 0 unspecified atom stereocenters. The van der Waals surface area contributed by atoms with E-state index in [2.05, 4.69) is 10.2 Å². The van der Waals surface area contributed by atoms with Crippen LogP contribution in [0, 0.1) is 0 Å². The number of halogens is 3. The summed E-state index contributed by atoms with van der Waals surface area (Å²) in [4.78, 5) is 0. The van der Waals surface area contributed by atoms with Gasteiger partial charge in [0, 0.05) is 15.5 Å². The first-order chi connectivity index (χ1) is 8.88. The van der Waals surface area contributed by atoms with E-state index in [4.69, 9.17) is 11.5 Å². The summed E-state index contributed by atoms with van der Waals surface area (Å²) in [6.45, 7) is 0. The molecule has 1 aromatic heterocycles. The monoisotopic (exact) mass is 286 g/mol. The van der Waals surface area contributed by atoms with Crippen molar-refractivity contribution in [3.63, 3.8) is 0 Å². The van der Waals surface area contributed by atoms with Crippen LogP contribution in [-0.4, -0.2) is 12.2 Å². The maximum atomic E-state index is 12.8. The van der Waals surface area contributed by atoms with Crippen molar-refractivity contribution < 1.29 is 13.2 Å². The fraction of sp³-hybridized carbons (Fsp3) is 0.0909. The van der Waals surface area contributed by atoms with Crippen molar-refractivity contribution in [1.29, 1.82) is 0 Å². The van der Waals surface area contributed by atoms with Crippen LogP contribution in [0.15, 0.2) is 33.8 Å². The molecule has 0 atom stereocenters. The van der Waals surface area contributed by atoms with Crippen LogP contribution < -0.4 is 11.5 Å². The minimum Gasteiger partial charge on any atom is -0.369 e. The molecule has 0 saturated heterocycles. The predicted molar refractivity (Wildman–Crippen MR) is 70.2 cm³/mol. The quantitative estimate of drug-likeness (QED) is 0.505. The Labute approximate surface area is 110 Å². The lowest BCUT2D eigenvalue weighted by molar-refractivity contribution is -0.136. The summed E-state index contributed by atoms with van der Waals surface area (Å²) in [5.74, 6) is -0.219. The highest BCUT2D eigenvalue weighted by Crippen LogP contribution is 2.38. The Kier molecular flexibility index (Phi) is 3.43. The molecule has 1 heterocycles. The second-order valence-corrected chi connectivity index (χ2v) is 4.58. The van der Waals surface area contributed by atoms with E-state index in [1.54, 1.807) is 12.1 Å². The number of hydrogen-bond donors (Lipinski definition) is 2. The van der Waals surface area contributed by atoms with Gasteiger partial charge in [-0.15, -0.1) is 16.4 Å². The zero-order valence-electron chi connectivity index (χ0n) is 9.48. The third-order valence-electron chi connectivity index (χ3n) is 2.28. The third-order valence-corrected chi connectivity index (χ3v) is 3.25.